The number of hydrogen-bond donors (Lipinski definition) is 2. The molecule has 0 atom stereocenters. The van der Waals surface area contributed by atoms with Crippen LogP contribution in [0.15, 0.2) is 67.3 Å². The van der Waals surface area contributed by atoms with Crippen LogP contribution in [-0.2, 0) is 17.9 Å². The molecule has 2 aromatic carbocycles. The Morgan fingerprint density at radius 1 is 1.03 bits per heavy atom. The van der Waals surface area contributed by atoms with Crippen molar-refractivity contribution >= 4 is 17.5 Å². The summed E-state index contributed by atoms with van der Waals surface area (Å²) in [7, 11) is 0. The van der Waals surface area contributed by atoms with Crippen LogP contribution in [0, 0.1) is 5.92 Å². The molecule has 1 aliphatic rings. The van der Waals surface area contributed by atoms with Crippen molar-refractivity contribution in [1.29, 1.82) is 0 Å². The third-order valence-electron chi connectivity index (χ3n) is 5.72. The topological polar surface area (TPSA) is 93.3 Å². The molecule has 3 N–H and O–H groups in total. The average Bonchev–Trinajstić information content (AvgIpc) is 3.28. The smallest absolute Gasteiger partial charge is 0.255 e. The number of likely N-dealkylation sites (tertiary alicyclic amines) is 1. The summed E-state index contributed by atoms with van der Waals surface area (Å²) in [5.74, 6) is -0.332. The van der Waals surface area contributed by atoms with E-state index in [1.165, 1.54) is 0 Å². The summed E-state index contributed by atoms with van der Waals surface area (Å²) in [6, 6.07) is 15.5. The molecule has 1 fully saturated rings. The summed E-state index contributed by atoms with van der Waals surface area (Å²) in [4.78, 5) is 30.4. The quantitative estimate of drug-likeness (QED) is 0.618. The van der Waals surface area contributed by atoms with E-state index >= 15 is 0 Å². The number of nitrogens with one attached hydrogen (secondary N) is 1. The Hall–Kier alpha value is -3.45. The van der Waals surface area contributed by atoms with Gasteiger partial charge in [0.25, 0.3) is 5.91 Å². The van der Waals surface area contributed by atoms with Crippen LogP contribution >= 0.6 is 0 Å². The summed E-state index contributed by atoms with van der Waals surface area (Å²) in [5.41, 5.74) is 9.05. The molecule has 1 aromatic heterocycles. The molecule has 0 saturated carbocycles. The van der Waals surface area contributed by atoms with Gasteiger partial charge >= 0.3 is 0 Å². The van der Waals surface area contributed by atoms with E-state index in [1.807, 2.05) is 53.2 Å². The molecule has 31 heavy (non-hydrogen) atoms. The van der Waals surface area contributed by atoms with Gasteiger partial charge in [-0.3, -0.25) is 14.5 Å². The average molecular weight is 418 g/mol. The number of piperidine rings is 1. The van der Waals surface area contributed by atoms with E-state index < -0.39 is 0 Å². The lowest BCUT2D eigenvalue weighted by atomic mass is 9.96. The highest BCUT2D eigenvalue weighted by atomic mass is 16.2. The summed E-state index contributed by atoms with van der Waals surface area (Å²) in [5, 5.41) is 2.99. The van der Waals surface area contributed by atoms with Crippen LogP contribution in [-0.4, -0.2) is 39.4 Å². The van der Waals surface area contributed by atoms with E-state index in [2.05, 4.69) is 21.3 Å². The number of aromatic nitrogens is 2. The van der Waals surface area contributed by atoms with E-state index in [0.717, 1.165) is 55.8 Å². The van der Waals surface area contributed by atoms with E-state index in [1.54, 1.807) is 12.5 Å². The van der Waals surface area contributed by atoms with Crippen LogP contribution in [0.1, 0.15) is 34.3 Å². The van der Waals surface area contributed by atoms with Gasteiger partial charge in [-0.2, -0.15) is 0 Å². The van der Waals surface area contributed by atoms with Crippen molar-refractivity contribution in [2.24, 2.45) is 11.7 Å². The normalized spacial score (nSPS) is 15.0. The molecule has 160 valence electrons. The number of anilines is 1. The summed E-state index contributed by atoms with van der Waals surface area (Å²) >= 11 is 0. The molecular weight excluding hydrogens is 390 g/mol. The van der Waals surface area contributed by atoms with Gasteiger partial charge in [-0.1, -0.05) is 24.3 Å². The number of hydrogen-bond acceptors (Lipinski definition) is 4. The number of imidazole rings is 1. The van der Waals surface area contributed by atoms with Gasteiger partial charge in [-0.25, -0.2) is 4.98 Å². The number of primary amides is 1. The fourth-order valence-corrected chi connectivity index (χ4v) is 3.94. The van der Waals surface area contributed by atoms with Crippen LogP contribution in [0.5, 0.6) is 0 Å². The SMILES string of the molecule is NC(=O)C1CCN(Cc2cccc(NC(=O)c3ccc(Cn4ccnc4)cc3)c2)CC1. The molecule has 2 amide bonds. The maximum Gasteiger partial charge on any atom is 0.255 e. The molecule has 3 aromatic rings. The summed E-state index contributed by atoms with van der Waals surface area (Å²) in [6.45, 7) is 3.23. The minimum atomic E-state index is -0.195. The van der Waals surface area contributed by atoms with Crippen molar-refractivity contribution in [1.82, 2.24) is 14.5 Å². The number of carbonyl (C=O) groups excluding carboxylic acids is 2. The van der Waals surface area contributed by atoms with Gasteiger partial charge in [0.1, 0.15) is 0 Å². The van der Waals surface area contributed by atoms with Gasteiger partial charge in [-0.15, -0.1) is 0 Å². The molecular formula is C24H27N5O2. The molecule has 4 rings (SSSR count). The first-order valence-electron chi connectivity index (χ1n) is 10.5. The van der Waals surface area contributed by atoms with Crippen LogP contribution in [0.2, 0.25) is 0 Å². The Balaban J connectivity index is 1.33. The van der Waals surface area contributed by atoms with E-state index in [-0.39, 0.29) is 17.7 Å². The molecule has 7 heteroatoms. The standard InChI is InChI=1S/C24H27N5O2/c25-23(30)20-8-11-28(12-9-20)16-19-2-1-3-22(14-19)27-24(31)21-6-4-18(5-7-21)15-29-13-10-26-17-29/h1-7,10,13-14,17,20H,8-9,11-12,15-16H2,(H2,25,30)(H,27,31). The highest BCUT2D eigenvalue weighted by molar-refractivity contribution is 6.04. The summed E-state index contributed by atoms with van der Waals surface area (Å²) < 4.78 is 1.98. The molecule has 7 nitrogen and oxygen atoms in total. The third kappa shape index (κ3) is 5.58. The molecule has 1 aliphatic heterocycles. The predicted octanol–water partition coefficient (Wildman–Crippen LogP) is 2.88. The third-order valence-corrected chi connectivity index (χ3v) is 5.72. The number of carbonyl (C=O) groups is 2. The maximum absolute atomic E-state index is 12.7. The molecule has 0 aliphatic carbocycles. The Kier molecular flexibility index (Phi) is 6.43. The molecule has 0 bridgehead atoms. The zero-order chi connectivity index (χ0) is 21.6. The molecule has 0 radical (unpaired) electrons. The van der Waals surface area contributed by atoms with Gasteiger partial charge in [0.15, 0.2) is 0 Å². The Labute approximate surface area is 181 Å². The van der Waals surface area contributed by atoms with Gasteiger partial charge in [0.05, 0.1) is 6.33 Å². The van der Waals surface area contributed by atoms with Crippen molar-refractivity contribution in [3.05, 3.63) is 83.9 Å². The Bertz CT molecular complexity index is 1020. The van der Waals surface area contributed by atoms with Crippen LogP contribution < -0.4 is 11.1 Å². The first-order valence-corrected chi connectivity index (χ1v) is 10.5. The second kappa shape index (κ2) is 9.57. The largest absolute Gasteiger partial charge is 0.369 e. The van der Waals surface area contributed by atoms with E-state index in [9.17, 15) is 9.59 Å². The Morgan fingerprint density at radius 3 is 2.48 bits per heavy atom. The Morgan fingerprint density at radius 2 is 1.81 bits per heavy atom. The lowest BCUT2D eigenvalue weighted by Crippen LogP contribution is -2.38. The van der Waals surface area contributed by atoms with Crippen LogP contribution in [0.25, 0.3) is 0 Å². The number of nitrogens with zero attached hydrogens (tertiary/aromatic N) is 3. The van der Waals surface area contributed by atoms with E-state index in [0.29, 0.717) is 5.56 Å². The zero-order valence-corrected chi connectivity index (χ0v) is 17.4. The fourth-order valence-electron chi connectivity index (χ4n) is 3.94. The number of amides is 2. The number of nitrogens with two attached hydrogens (primary N) is 1. The number of benzene rings is 2. The molecule has 0 unspecified atom stereocenters. The predicted molar refractivity (Wildman–Crippen MR) is 119 cm³/mol. The molecule has 1 saturated heterocycles. The van der Waals surface area contributed by atoms with Gasteiger partial charge < -0.3 is 15.6 Å². The zero-order valence-electron chi connectivity index (χ0n) is 17.4. The lowest BCUT2D eigenvalue weighted by molar-refractivity contribution is -0.123. The fraction of sp³-hybridized carbons (Fsp3) is 0.292. The summed E-state index contributed by atoms with van der Waals surface area (Å²) in [6.07, 6.45) is 7.05. The highest BCUT2D eigenvalue weighted by Gasteiger charge is 2.23. The maximum atomic E-state index is 12.7. The van der Waals surface area contributed by atoms with E-state index in [4.69, 9.17) is 5.73 Å². The minimum absolute atomic E-state index is 0.00629. The first-order chi connectivity index (χ1) is 15.1. The second-order valence-electron chi connectivity index (χ2n) is 8.04. The molecule has 2 heterocycles. The minimum Gasteiger partial charge on any atom is -0.369 e. The monoisotopic (exact) mass is 417 g/mol. The van der Waals surface area contributed by atoms with Crippen molar-refractivity contribution in [3.8, 4) is 0 Å². The van der Waals surface area contributed by atoms with Crippen molar-refractivity contribution in [3.63, 3.8) is 0 Å². The highest BCUT2D eigenvalue weighted by Crippen LogP contribution is 2.20. The van der Waals surface area contributed by atoms with Crippen LogP contribution in [0.3, 0.4) is 0 Å². The lowest BCUT2D eigenvalue weighted by Gasteiger charge is -2.30. The molecule has 0 spiro atoms. The number of rotatable bonds is 7. The van der Waals surface area contributed by atoms with Crippen LogP contribution in [0.4, 0.5) is 5.69 Å². The van der Waals surface area contributed by atoms with Gasteiger partial charge in [-0.05, 0) is 61.3 Å². The van der Waals surface area contributed by atoms with Crippen molar-refractivity contribution in [2.45, 2.75) is 25.9 Å². The first kappa shape index (κ1) is 20.8. The van der Waals surface area contributed by atoms with Gasteiger partial charge in [0, 0.05) is 42.7 Å². The van der Waals surface area contributed by atoms with Crippen molar-refractivity contribution in [2.75, 3.05) is 18.4 Å². The van der Waals surface area contributed by atoms with Crippen molar-refractivity contribution < 1.29 is 9.59 Å². The van der Waals surface area contributed by atoms with Gasteiger partial charge in [0.2, 0.25) is 5.91 Å². The second-order valence-corrected chi connectivity index (χ2v) is 8.04.